The summed E-state index contributed by atoms with van der Waals surface area (Å²) in [7, 11) is 0. The van der Waals surface area contributed by atoms with Crippen LogP contribution >= 0.6 is 12.4 Å². The van der Waals surface area contributed by atoms with Gasteiger partial charge in [-0.3, -0.25) is 19.8 Å². The minimum Gasteiger partial charge on any atom is -0.354 e. The summed E-state index contributed by atoms with van der Waals surface area (Å²) in [5, 5.41) is 17.0. The maximum absolute atomic E-state index is 12.1. The number of halogens is 1. The number of carbonyl (C=O) groups is 1. The van der Waals surface area contributed by atoms with E-state index in [-0.39, 0.29) is 35.0 Å². The SMILES string of the molecule is Cl.O=C(NCC1CCCN(Cc2ccc([N+](=O)[O-])cc2)C1)C1CCCN1. The molecular formula is C18H27ClN4O3. The van der Waals surface area contributed by atoms with Gasteiger partial charge < -0.3 is 10.6 Å². The van der Waals surface area contributed by atoms with Crippen LogP contribution < -0.4 is 10.6 Å². The predicted molar refractivity (Wildman–Crippen MR) is 102 cm³/mol. The number of hydrogen-bond acceptors (Lipinski definition) is 5. The number of benzene rings is 1. The molecule has 1 aromatic rings. The van der Waals surface area contributed by atoms with Crippen molar-refractivity contribution >= 4 is 24.0 Å². The second-order valence-corrected chi connectivity index (χ2v) is 7.06. The smallest absolute Gasteiger partial charge is 0.269 e. The van der Waals surface area contributed by atoms with E-state index < -0.39 is 0 Å². The third-order valence-electron chi connectivity index (χ3n) is 5.10. The minimum atomic E-state index is -0.372. The van der Waals surface area contributed by atoms with Crippen molar-refractivity contribution in [1.29, 1.82) is 0 Å². The molecule has 2 fully saturated rings. The number of hydrogen-bond donors (Lipinski definition) is 2. The standard InChI is InChI=1S/C18H26N4O3.ClH/c23-18(17-4-1-9-19-17)20-11-15-3-2-10-21(13-15)12-14-5-7-16(8-6-14)22(24)25;/h5-8,15,17,19H,1-4,9-13H2,(H,20,23);1H. The number of non-ortho nitro benzene ring substituents is 1. The van der Waals surface area contributed by atoms with Crippen molar-refractivity contribution in [2.75, 3.05) is 26.2 Å². The van der Waals surface area contributed by atoms with E-state index in [1.807, 2.05) is 12.1 Å². The van der Waals surface area contributed by atoms with Crippen molar-refractivity contribution in [3.05, 3.63) is 39.9 Å². The van der Waals surface area contributed by atoms with Crippen LogP contribution in [0, 0.1) is 16.0 Å². The molecule has 0 spiro atoms. The lowest BCUT2D eigenvalue weighted by Gasteiger charge is -2.33. The molecule has 0 aromatic heterocycles. The second-order valence-electron chi connectivity index (χ2n) is 7.06. The van der Waals surface area contributed by atoms with Gasteiger partial charge in [0.05, 0.1) is 11.0 Å². The first-order valence-electron chi connectivity index (χ1n) is 9.08. The van der Waals surface area contributed by atoms with Gasteiger partial charge in [-0.2, -0.15) is 0 Å². The van der Waals surface area contributed by atoms with Gasteiger partial charge in [0.25, 0.3) is 5.69 Å². The molecule has 0 aliphatic carbocycles. The average Bonchev–Trinajstić information content (AvgIpc) is 3.15. The monoisotopic (exact) mass is 382 g/mol. The van der Waals surface area contributed by atoms with Crippen molar-refractivity contribution in [3.8, 4) is 0 Å². The molecule has 2 aliphatic rings. The molecule has 1 aromatic carbocycles. The van der Waals surface area contributed by atoms with E-state index in [4.69, 9.17) is 0 Å². The lowest BCUT2D eigenvalue weighted by molar-refractivity contribution is -0.384. The average molecular weight is 383 g/mol. The highest BCUT2D eigenvalue weighted by atomic mass is 35.5. The number of carbonyl (C=O) groups excluding carboxylic acids is 1. The molecule has 2 unspecified atom stereocenters. The molecule has 2 atom stereocenters. The predicted octanol–water partition coefficient (Wildman–Crippen LogP) is 2.10. The summed E-state index contributed by atoms with van der Waals surface area (Å²) in [6.07, 6.45) is 4.26. The number of likely N-dealkylation sites (tertiary alicyclic amines) is 1. The van der Waals surface area contributed by atoms with E-state index in [0.717, 1.165) is 64.0 Å². The molecule has 2 heterocycles. The Kier molecular flexibility index (Phi) is 7.81. The Labute approximate surface area is 160 Å². The molecular weight excluding hydrogens is 356 g/mol. The summed E-state index contributed by atoms with van der Waals surface area (Å²) in [5.74, 6) is 0.599. The van der Waals surface area contributed by atoms with Crippen molar-refractivity contribution in [2.45, 2.75) is 38.3 Å². The van der Waals surface area contributed by atoms with Crippen LogP contribution in [0.1, 0.15) is 31.2 Å². The van der Waals surface area contributed by atoms with Gasteiger partial charge in [0, 0.05) is 31.8 Å². The van der Waals surface area contributed by atoms with E-state index in [0.29, 0.717) is 5.92 Å². The second kappa shape index (κ2) is 9.85. The molecule has 2 N–H and O–H groups in total. The minimum absolute atomic E-state index is 0. The van der Waals surface area contributed by atoms with Crippen LogP contribution in [-0.4, -0.2) is 48.0 Å². The highest BCUT2D eigenvalue weighted by Gasteiger charge is 2.24. The fourth-order valence-corrected chi connectivity index (χ4v) is 3.72. The van der Waals surface area contributed by atoms with E-state index >= 15 is 0 Å². The zero-order valence-corrected chi connectivity index (χ0v) is 15.7. The summed E-state index contributed by atoms with van der Waals surface area (Å²) in [5.41, 5.74) is 1.22. The highest BCUT2D eigenvalue weighted by Crippen LogP contribution is 2.19. The zero-order valence-electron chi connectivity index (χ0n) is 14.9. The number of nitro groups is 1. The summed E-state index contributed by atoms with van der Waals surface area (Å²) in [6.45, 7) is 4.45. The molecule has 144 valence electrons. The topological polar surface area (TPSA) is 87.5 Å². The number of piperidine rings is 1. The van der Waals surface area contributed by atoms with E-state index in [1.165, 1.54) is 0 Å². The van der Waals surface area contributed by atoms with Gasteiger partial charge in [0.15, 0.2) is 0 Å². The Morgan fingerprint density at radius 2 is 2.04 bits per heavy atom. The molecule has 8 heteroatoms. The van der Waals surface area contributed by atoms with Crippen molar-refractivity contribution in [2.24, 2.45) is 5.92 Å². The zero-order chi connectivity index (χ0) is 17.6. The number of rotatable bonds is 6. The number of amides is 1. The summed E-state index contributed by atoms with van der Waals surface area (Å²) in [4.78, 5) is 24.8. The van der Waals surface area contributed by atoms with Gasteiger partial charge in [-0.15, -0.1) is 12.4 Å². The maximum atomic E-state index is 12.1. The fraction of sp³-hybridized carbons (Fsp3) is 0.611. The molecule has 2 aliphatic heterocycles. The Hall–Kier alpha value is -1.70. The third kappa shape index (κ3) is 5.65. The molecule has 0 radical (unpaired) electrons. The number of nitrogens with one attached hydrogen (secondary N) is 2. The van der Waals surface area contributed by atoms with E-state index in [2.05, 4.69) is 15.5 Å². The molecule has 2 saturated heterocycles. The van der Waals surface area contributed by atoms with E-state index in [9.17, 15) is 14.9 Å². The lowest BCUT2D eigenvalue weighted by Crippen LogP contribution is -2.45. The van der Waals surface area contributed by atoms with Crippen LogP contribution in [0.4, 0.5) is 5.69 Å². The van der Waals surface area contributed by atoms with Crippen LogP contribution in [0.15, 0.2) is 24.3 Å². The van der Waals surface area contributed by atoms with Gasteiger partial charge in [-0.25, -0.2) is 0 Å². The molecule has 0 bridgehead atoms. The molecule has 3 rings (SSSR count). The van der Waals surface area contributed by atoms with Crippen LogP contribution in [0.25, 0.3) is 0 Å². The quantitative estimate of drug-likeness (QED) is 0.581. The van der Waals surface area contributed by atoms with Gasteiger partial charge in [0.2, 0.25) is 5.91 Å². The summed E-state index contributed by atoms with van der Waals surface area (Å²) in [6, 6.07) is 6.77. The summed E-state index contributed by atoms with van der Waals surface area (Å²) < 4.78 is 0. The third-order valence-corrected chi connectivity index (χ3v) is 5.10. The Balaban J connectivity index is 0.00000243. The molecule has 7 nitrogen and oxygen atoms in total. The van der Waals surface area contributed by atoms with Gasteiger partial charge in [-0.05, 0) is 50.3 Å². The largest absolute Gasteiger partial charge is 0.354 e. The van der Waals surface area contributed by atoms with Gasteiger partial charge >= 0.3 is 0 Å². The highest BCUT2D eigenvalue weighted by molar-refractivity contribution is 5.85. The van der Waals surface area contributed by atoms with Gasteiger partial charge in [-0.1, -0.05) is 12.1 Å². The first-order valence-corrected chi connectivity index (χ1v) is 9.08. The normalized spacial score (nSPS) is 23.2. The fourth-order valence-electron chi connectivity index (χ4n) is 3.72. The van der Waals surface area contributed by atoms with E-state index in [1.54, 1.807) is 12.1 Å². The van der Waals surface area contributed by atoms with Gasteiger partial charge in [0.1, 0.15) is 0 Å². The Morgan fingerprint density at radius 1 is 1.27 bits per heavy atom. The van der Waals surface area contributed by atoms with Crippen LogP contribution in [-0.2, 0) is 11.3 Å². The summed E-state index contributed by atoms with van der Waals surface area (Å²) >= 11 is 0. The number of nitrogens with zero attached hydrogens (tertiary/aromatic N) is 2. The Bertz CT molecular complexity index is 605. The van der Waals surface area contributed by atoms with Crippen molar-refractivity contribution < 1.29 is 9.72 Å². The first-order chi connectivity index (χ1) is 12.1. The Morgan fingerprint density at radius 3 is 2.69 bits per heavy atom. The van der Waals surface area contributed by atoms with Crippen molar-refractivity contribution in [1.82, 2.24) is 15.5 Å². The van der Waals surface area contributed by atoms with Crippen LogP contribution in [0.5, 0.6) is 0 Å². The molecule has 1 amide bonds. The maximum Gasteiger partial charge on any atom is 0.269 e. The lowest BCUT2D eigenvalue weighted by atomic mass is 9.97. The van der Waals surface area contributed by atoms with Crippen LogP contribution in [0.2, 0.25) is 0 Å². The molecule has 26 heavy (non-hydrogen) atoms. The van der Waals surface area contributed by atoms with Crippen molar-refractivity contribution in [3.63, 3.8) is 0 Å². The molecule has 0 saturated carbocycles. The first kappa shape index (κ1) is 20.6. The van der Waals surface area contributed by atoms with Crippen LogP contribution in [0.3, 0.4) is 0 Å². The number of nitro benzene ring substituents is 1.